The van der Waals surface area contributed by atoms with Crippen LogP contribution in [0.25, 0.3) is 0 Å². The highest BCUT2D eigenvalue weighted by molar-refractivity contribution is 5.42. The lowest BCUT2D eigenvalue weighted by Crippen LogP contribution is -2.13. The van der Waals surface area contributed by atoms with E-state index >= 15 is 0 Å². The maximum Gasteiger partial charge on any atom is 0.124 e. The van der Waals surface area contributed by atoms with Crippen molar-refractivity contribution >= 4 is 0 Å². The summed E-state index contributed by atoms with van der Waals surface area (Å²) in [5.74, 6) is 0.874. The number of benzene rings is 2. The first-order chi connectivity index (χ1) is 9.26. The SMILES string of the molecule is CCOc1ccccc1C(N)c1cccc(CC)c1. The van der Waals surface area contributed by atoms with Crippen LogP contribution in [0.2, 0.25) is 0 Å². The molecule has 2 aromatic carbocycles. The third kappa shape index (κ3) is 3.15. The minimum atomic E-state index is -0.144. The molecular formula is C17H21NO. The highest BCUT2D eigenvalue weighted by atomic mass is 16.5. The fourth-order valence-electron chi connectivity index (χ4n) is 2.21. The molecule has 2 heteroatoms. The Kier molecular flexibility index (Phi) is 4.58. The van der Waals surface area contributed by atoms with Gasteiger partial charge in [0.15, 0.2) is 0 Å². The molecule has 1 atom stereocenters. The van der Waals surface area contributed by atoms with Crippen LogP contribution in [0.1, 0.15) is 36.6 Å². The molecule has 2 aromatic rings. The average molecular weight is 255 g/mol. The lowest BCUT2D eigenvalue weighted by molar-refractivity contribution is 0.335. The molecule has 19 heavy (non-hydrogen) atoms. The van der Waals surface area contributed by atoms with E-state index in [0.29, 0.717) is 6.61 Å². The zero-order valence-electron chi connectivity index (χ0n) is 11.6. The highest BCUT2D eigenvalue weighted by Crippen LogP contribution is 2.28. The molecule has 0 saturated heterocycles. The molecule has 100 valence electrons. The summed E-state index contributed by atoms with van der Waals surface area (Å²) in [7, 11) is 0. The van der Waals surface area contributed by atoms with Crippen LogP contribution >= 0.6 is 0 Å². The fraction of sp³-hybridized carbons (Fsp3) is 0.294. The lowest BCUT2D eigenvalue weighted by atomic mass is 9.97. The topological polar surface area (TPSA) is 35.2 Å². The van der Waals surface area contributed by atoms with E-state index in [1.165, 1.54) is 5.56 Å². The molecule has 0 amide bonds. The molecule has 2 nitrogen and oxygen atoms in total. The normalized spacial score (nSPS) is 12.2. The number of hydrogen-bond donors (Lipinski definition) is 1. The van der Waals surface area contributed by atoms with Gasteiger partial charge in [-0.1, -0.05) is 49.4 Å². The Bertz CT molecular complexity index is 536. The number of ether oxygens (including phenoxy) is 1. The van der Waals surface area contributed by atoms with Gasteiger partial charge in [-0.2, -0.15) is 0 Å². The maximum absolute atomic E-state index is 6.39. The van der Waals surface area contributed by atoms with Crippen LogP contribution in [0.3, 0.4) is 0 Å². The van der Waals surface area contributed by atoms with E-state index in [4.69, 9.17) is 10.5 Å². The quantitative estimate of drug-likeness (QED) is 0.884. The van der Waals surface area contributed by atoms with Gasteiger partial charge < -0.3 is 10.5 Å². The van der Waals surface area contributed by atoms with Crippen molar-refractivity contribution < 1.29 is 4.74 Å². The molecule has 2 rings (SSSR count). The first-order valence-electron chi connectivity index (χ1n) is 6.82. The van der Waals surface area contributed by atoms with Crippen LogP contribution < -0.4 is 10.5 Å². The molecule has 0 aromatic heterocycles. The van der Waals surface area contributed by atoms with Gasteiger partial charge in [0.25, 0.3) is 0 Å². The second-order valence-corrected chi connectivity index (χ2v) is 4.55. The highest BCUT2D eigenvalue weighted by Gasteiger charge is 2.13. The molecule has 0 aliphatic heterocycles. The molecule has 1 unspecified atom stereocenters. The second-order valence-electron chi connectivity index (χ2n) is 4.55. The zero-order chi connectivity index (χ0) is 13.7. The first kappa shape index (κ1) is 13.6. The molecule has 2 N–H and O–H groups in total. The van der Waals surface area contributed by atoms with Gasteiger partial charge in [-0.15, -0.1) is 0 Å². The van der Waals surface area contributed by atoms with Gasteiger partial charge >= 0.3 is 0 Å². The summed E-state index contributed by atoms with van der Waals surface area (Å²) in [4.78, 5) is 0. The van der Waals surface area contributed by atoms with Crippen molar-refractivity contribution in [3.8, 4) is 5.75 Å². The third-order valence-corrected chi connectivity index (χ3v) is 3.27. The van der Waals surface area contributed by atoms with Gasteiger partial charge in [0.05, 0.1) is 12.6 Å². The van der Waals surface area contributed by atoms with Gasteiger partial charge in [0.2, 0.25) is 0 Å². The second kappa shape index (κ2) is 6.39. The minimum absolute atomic E-state index is 0.144. The van der Waals surface area contributed by atoms with Crippen molar-refractivity contribution in [2.24, 2.45) is 5.73 Å². The molecule has 0 bridgehead atoms. The maximum atomic E-state index is 6.39. The third-order valence-electron chi connectivity index (χ3n) is 3.27. The molecule has 0 aliphatic rings. The van der Waals surface area contributed by atoms with E-state index in [2.05, 4.69) is 31.2 Å². The van der Waals surface area contributed by atoms with Crippen LogP contribution in [0.5, 0.6) is 5.75 Å². The van der Waals surface area contributed by atoms with Crippen molar-refractivity contribution in [3.63, 3.8) is 0 Å². The standard InChI is InChI=1S/C17H21NO/c1-3-13-8-7-9-14(12-13)17(18)15-10-5-6-11-16(15)19-4-2/h5-12,17H,3-4,18H2,1-2H3. The van der Waals surface area contributed by atoms with E-state index in [-0.39, 0.29) is 6.04 Å². The summed E-state index contributed by atoms with van der Waals surface area (Å²) in [5, 5.41) is 0. The molecule has 0 heterocycles. The molecule has 0 aliphatic carbocycles. The van der Waals surface area contributed by atoms with E-state index in [0.717, 1.165) is 23.3 Å². The average Bonchev–Trinajstić information content (AvgIpc) is 2.47. The van der Waals surface area contributed by atoms with Crippen LogP contribution in [0, 0.1) is 0 Å². The Morgan fingerprint density at radius 2 is 1.84 bits per heavy atom. The van der Waals surface area contributed by atoms with Crippen LogP contribution in [-0.2, 0) is 6.42 Å². The minimum Gasteiger partial charge on any atom is -0.494 e. The monoisotopic (exact) mass is 255 g/mol. The van der Waals surface area contributed by atoms with Gasteiger partial charge in [-0.25, -0.2) is 0 Å². The number of nitrogens with two attached hydrogens (primary N) is 1. The molecule has 0 saturated carbocycles. The Hall–Kier alpha value is -1.80. The predicted octanol–water partition coefficient (Wildman–Crippen LogP) is 3.70. The Morgan fingerprint density at radius 3 is 2.58 bits per heavy atom. The Morgan fingerprint density at radius 1 is 1.05 bits per heavy atom. The lowest BCUT2D eigenvalue weighted by Gasteiger charge is -2.17. The van der Waals surface area contributed by atoms with Crippen molar-refractivity contribution in [1.29, 1.82) is 0 Å². The van der Waals surface area contributed by atoms with E-state index in [1.54, 1.807) is 0 Å². The van der Waals surface area contributed by atoms with Crippen molar-refractivity contribution in [2.45, 2.75) is 26.3 Å². The largest absolute Gasteiger partial charge is 0.494 e. The van der Waals surface area contributed by atoms with Crippen LogP contribution in [-0.4, -0.2) is 6.61 Å². The molecular weight excluding hydrogens is 234 g/mol. The fourth-order valence-corrected chi connectivity index (χ4v) is 2.21. The summed E-state index contributed by atoms with van der Waals surface area (Å²) in [6, 6.07) is 16.3. The van der Waals surface area contributed by atoms with Crippen molar-refractivity contribution in [2.75, 3.05) is 6.61 Å². The number of aryl methyl sites for hydroxylation is 1. The van der Waals surface area contributed by atoms with Crippen molar-refractivity contribution in [3.05, 3.63) is 65.2 Å². The van der Waals surface area contributed by atoms with Crippen LogP contribution in [0.15, 0.2) is 48.5 Å². The molecule has 0 spiro atoms. The van der Waals surface area contributed by atoms with Gasteiger partial charge in [0, 0.05) is 5.56 Å². The predicted molar refractivity (Wildman–Crippen MR) is 79.5 cm³/mol. The van der Waals surface area contributed by atoms with E-state index < -0.39 is 0 Å². The summed E-state index contributed by atoms with van der Waals surface area (Å²) in [5.41, 5.74) is 9.87. The van der Waals surface area contributed by atoms with E-state index in [1.807, 2.05) is 31.2 Å². The van der Waals surface area contributed by atoms with Gasteiger partial charge in [-0.3, -0.25) is 0 Å². The summed E-state index contributed by atoms with van der Waals surface area (Å²) < 4.78 is 5.66. The number of hydrogen-bond acceptors (Lipinski definition) is 2. The Balaban J connectivity index is 2.35. The van der Waals surface area contributed by atoms with E-state index in [9.17, 15) is 0 Å². The summed E-state index contributed by atoms with van der Waals surface area (Å²) in [6.07, 6.45) is 1.02. The number of rotatable bonds is 5. The molecule has 0 radical (unpaired) electrons. The Labute approximate surface area is 115 Å². The zero-order valence-corrected chi connectivity index (χ0v) is 11.6. The van der Waals surface area contributed by atoms with Crippen LogP contribution in [0.4, 0.5) is 0 Å². The van der Waals surface area contributed by atoms with Gasteiger partial charge in [-0.05, 0) is 30.5 Å². The van der Waals surface area contributed by atoms with Crippen molar-refractivity contribution in [1.82, 2.24) is 0 Å². The number of para-hydroxylation sites is 1. The smallest absolute Gasteiger partial charge is 0.124 e. The first-order valence-corrected chi connectivity index (χ1v) is 6.82. The summed E-state index contributed by atoms with van der Waals surface area (Å²) >= 11 is 0. The summed E-state index contributed by atoms with van der Waals surface area (Å²) in [6.45, 7) is 4.79. The van der Waals surface area contributed by atoms with Gasteiger partial charge in [0.1, 0.15) is 5.75 Å². The molecule has 0 fully saturated rings.